The summed E-state index contributed by atoms with van der Waals surface area (Å²) in [5.74, 6) is 0.300. The highest BCUT2D eigenvalue weighted by atomic mass is 16.4. The Morgan fingerprint density at radius 2 is 1.96 bits per heavy atom. The summed E-state index contributed by atoms with van der Waals surface area (Å²) >= 11 is 0. The number of nitrogens with zero attached hydrogens (tertiary/aromatic N) is 1. The fourth-order valence-corrected chi connectivity index (χ4v) is 2.25. The molecule has 23 heavy (non-hydrogen) atoms. The van der Waals surface area contributed by atoms with E-state index in [-0.39, 0.29) is 11.1 Å². The first-order valence-electron chi connectivity index (χ1n) is 6.87. The highest BCUT2D eigenvalue weighted by Gasteiger charge is 2.07. The number of aryl methyl sites for hydroxylation is 1. The van der Waals surface area contributed by atoms with Gasteiger partial charge in [-0.2, -0.15) is 0 Å². The molecule has 6 heteroatoms. The Morgan fingerprint density at radius 1 is 1.26 bits per heavy atom. The standard InChI is InChI=1S/C17H14N2O4/c1-10-3-8-14(23-10)9-15-11(2)18-19(16(15)20)13-6-4-12(5-7-13)17(21)22/h3-9,18H,2H2,1H3,(H,21,22). The van der Waals surface area contributed by atoms with Gasteiger partial charge in [-0.05, 0) is 49.4 Å². The van der Waals surface area contributed by atoms with Crippen molar-refractivity contribution in [3.05, 3.63) is 74.4 Å². The molecule has 116 valence electrons. The number of aromatic amines is 1. The van der Waals surface area contributed by atoms with Gasteiger partial charge in [0, 0.05) is 0 Å². The molecule has 0 amide bonds. The van der Waals surface area contributed by atoms with Crippen molar-refractivity contribution in [2.24, 2.45) is 0 Å². The number of nitrogens with one attached hydrogen (secondary N) is 1. The lowest BCUT2D eigenvalue weighted by Crippen LogP contribution is -2.33. The minimum Gasteiger partial charge on any atom is -0.478 e. The van der Waals surface area contributed by atoms with Crippen LogP contribution >= 0.6 is 0 Å². The second-order valence-electron chi connectivity index (χ2n) is 5.09. The Kier molecular flexibility index (Phi) is 3.50. The average molecular weight is 310 g/mol. The van der Waals surface area contributed by atoms with Crippen LogP contribution in [0.5, 0.6) is 0 Å². The fourth-order valence-electron chi connectivity index (χ4n) is 2.25. The first-order chi connectivity index (χ1) is 11.0. The van der Waals surface area contributed by atoms with Gasteiger partial charge in [0.25, 0.3) is 5.56 Å². The van der Waals surface area contributed by atoms with E-state index in [4.69, 9.17) is 9.52 Å². The average Bonchev–Trinajstić information content (AvgIpc) is 3.05. The number of H-pyrrole nitrogens is 1. The summed E-state index contributed by atoms with van der Waals surface area (Å²) < 4.78 is 6.76. The lowest BCUT2D eigenvalue weighted by molar-refractivity contribution is 0.0697. The minimum absolute atomic E-state index is 0.154. The van der Waals surface area contributed by atoms with Crippen molar-refractivity contribution in [1.29, 1.82) is 0 Å². The van der Waals surface area contributed by atoms with Gasteiger partial charge in [-0.3, -0.25) is 9.89 Å². The van der Waals surface area contributed by atoms with Crippen LogP contribution in [0, 0.1) is 6.92 Å². The Bertz CT molecular complexity index is 1040. The van der Waals surface area contributed by atoms with E-state index in [1.807, 2.05) is 13.0 Å². The highest BCUT2D eigenvalue weighted by molar-refractivity contribution is 5.87. The van der Waals surface area contributed by atoms with E-state index in [1.165, 1.54) is 16.8 Å². The van der Waals surface area contributed by atoms with Crippen LogP contribution in [-0.2, 0) is 0 Å². The number of carboxylic acids is 1. The molecule has 0 aliphatic heterocycles. The van der Waals surface area contributed by atoms with Crippen LogP contribution in [0.2, 0.25) is 0 Å². The van der Waals surface area contributed by atoms with E-state index >= 15 is 0 Å². The second kappa shape index (κ2) is 5.49. The molecular weight excluding hydrogens is 296 g/mol. The van der Waals surface area contributed by atoms with Crippen LogP contribution in [0.3, 0.4) is 0 Å². The van der Waals surface area contributed by atoms with Crippen molar-refractivity contribution in [2.75, 3.05) is 0 Å². The molecule has 0 radical (unpaired) electrons. The van der Waals surface area contributed by atoms with Gasteiger partial charge >= 0.3 is 5.97 Å². The Balaban J connectivity index is 2.11. The summed E-state index contributed by atoms with van der Waals surface area (Å²) in [5.41, 5.74) is 0.397. The number of hydrogen-bond donors (Lipinski definition) is 2. The molecule has 0 spiro atoms. The topological polar surface area (TPSA) is 88.2 Å². The number of aromatic carboxylic acids is 1. The number of carbonyl (C=O) groups is 1. The molecule has 2 aromatic heterocycles. The first-order valence-corrected chi connectivity index (χ1v) is 6.87. The van der Waals surface area contributed by atoms with E-state index in [9.17, 15) is 9.59 Å². The molecule has 0 aliphatic rings. The maximum Gasteiger partial charge on any atom is 0.335 e. The molecule has 0 saturated heterocycles. The van der Waals surface area contributed by atoms with Crippen molar-refractivity contribution >= 4 is 18.6 Å². The molecule has 6 nitrogen and oxygen atoms in total. The lowest BCUT2D eigenvalue weighted by Gasteiger charge is -2.01. The minimum atomic E-state index is -1.02. The van der Waals surface area contributed by atoms with Crippen molar-refractivity contribution in [3.63, 3.8) is 0 Å². The largest absolute Gasteiger partial charge is 0.478 e. The third kappa shape index (κ3) is 2.74. The third-order valence-electron chi connectivity index (χ3n) is 3.43. The molecule has 0 aliphatic carbocycles. The van der Waals surface area contributed by atoms with Gasteiger partial charge < -0.3 is 9.52 Å². The van der Waals surface area contributed by atoms with E-state index in [2.05, 4.69) is 11.7 Å². The number of carboxylic acid groups (broad SMARTS) is 1. The van der Waals surface area contributed by atoms with E-state index in [0.29, 0.717) is 22.0 Å². The third-order valence-corrected chi connectivity index (χ3v) is 3.43. The molecule has 0 bridgehead atoms. The van der Waals surface area contributed by atoms with Crippen LogP contribution in [0.15, 0.2) is 45.6 Å². The fraction of sp³-hybridized carbons (Fsp3) is 0.0588. The van der Waals surface area contributed by atoms with E-state index < -0.39 is 5.97 Å². The predicted octanol–water partition coefficient (Wildman–Crippen LogP) is 1.00. The summed E-state index contributed by atoms with van der Waals surface area (Å²) in [4.78, 5) is 23.4. The van der Waals surface area contributed by atoms with E-state index in [1.54, 1.807) is 24.3 Å². The van der Waals surface area contributed by atoms with Gasteiger partial charge in [0.15, 0.2) is 0 Å². The maximum atomic E-state index is 12.5. The van der Waals surface area contributed by atoms with Gasteiger partial charge in [0.1, 0.15) is 11.5 Å². The smallest absolute Gasteiger partial charge is 0.335 e. The number of benzene rings is 1. The SMILES string of the molecule is C=c1[nH]n(-c2ccc(C(=O)O)cc2)c(=O)c1=Cc1ccc(C)o1. The number of hydrogen-bond acceptors (Lipinski definition) is 3. The molecule has 2 N–H and O–H groups in total. The Hall–Kier alpha value is -3.28. The van der Waals surface area contributed by atoms with Crippen molar-refractivity contribution in [1.82, 2.24) is 9.78 Å². The van der Waals surface area contributed by atoms with Gasteiger partial charge in [0.2, 0.25) is 0 Å². The quantitative estimate of drug-likeness (QED) is 0.755. The van der Waals surface area contributed by atoms with Crippen LogP contribution < -0.4 is 16.1 Å². The zero-order chi connectivity index (χ0) is 16.6. The predicted molar refractivity (Wildman–Crippen MR) is 85.1 cm³/mol. The van der Waals surface area contributed by atoms with Gasteiger partial charge in [-0.15, -0.1) is 0 Å². The van der Waals surface area contributed by atoms with Crippen molar-refractivity contribution < 1.29 is 14.3 Å². The lowest BCUT2D eigenvalue weighted by atomic mass is 10.2. The molecule has 3 aromatic rings. The molecule has 3 rings (SSSR count). The van der Waals surface area contributed by atoms with Crippen LogP contribution in [-0.4, -0.2) is 20.9 Å². The molecule has 0 saturated carbocycles. The first kappa shape index (κ1) is 14.6. The zero-order valence-electron chi connectivity index (χ0n) is 12.4. The van der Waals surface area contributed by atoms with Gasteiger partial charge in [-0.25, -0.2) is 9.48 Å². The molecule has 0 atom stereocenters. The normalized spacial score (nSPS) is 11.8. The molecular formula is C17H14N2O4. The summed E-state index contributed by atoms with van der Waals surface area (Å²) in [6.07, 6.45) is 1.62. The highest BCUT2D eigenvalue weighted by Crippen LogP contribution is 2.07. The second-order valence-corrected chi connectivity index (χ2v) is 5.09. The number of rotatable bonds is 3. The van der Waals surface area contributed by atoms with Gasteiger partial charge in [0.05, 0.1) is 21.8 Å². The van der Waals surface area contributed by atoms with Crippen LogP contribution in [0.25, 0.3) is 18.3 Å². The van der Waals surface area contributed by atoms with E-state index in [0.717, 1.165) is 5.76 Å². The van der Waals surface area contributed by atoms with Crippen molar-refractivity contribution in [3.8, 4) is 5.69 Å². The Morgan fingerprint density at radius 3 is 2.52 bits per heavy atom. The molecule has 0 unspecified atom stereocenters. The molecule has 1 aromatic carbocycles. The summed E-state index contributed by atoms with van der Waals surface area (Å²) in [6, 6.07) is 9.57. The number of aromatic nitrogens is 2. The van der Waals surface area contributed by atoms with Crippen LogP contribution in [0.1, 0.15) is 21.9 Å². The van der Waals surface area contributed by atoms with Crippen LogP contribution in [0.4, 0.5) is 0 Å². The van der Waals surface area contributed by atoms with Gasteiger partial charge in [-0.1, -0.05) is 6.58 Å². The number of furan rings is 1. The monoisotopic (exact) mass is 310 g/mol. The maximum absolute atomic E-state index is 12.5. The zero-order valence-corrected chi connectivity index (χ0v) is 12.4. The Labute approximate surface area is 130 Å². The molecule has 0 fully saturated rings. The summed E-state index contributed by atoms with van der Waals surface area (Å²) in [5, 5.41) is 12.6. The summed E-state index contributed by atoms with van der Waals surface area (Å²) in [6.45, 7) is 5.65. The van der Waals surface area contributed by atoms with Crippen molar-refractivity contribution in [2.45, 2.75) is 6.92 Å². The summed E-state index contributed by atoms with van der Waals surface area (Å²) in [7, 11) is 0. The molecule has 2 heterocycles.